The van der Waals surface area contributed by atoms with E-state index in [1.54, 1.807) is 16.2 Å². The monoisotopic (exact) mass is 412 g/mol. The molecule has 0 aliphatic carbocycles. The molecule has 2 aliphatic rings. The van der Waals surface area contributed by atoms with E-state index in [1.165, 1.54) is 0 Å². The summed E-state index contributed by atoms with van der Waals surface area (Å²) >= 11 is 1.61. The lowest BCUT2D eigenvalue weighted by Crippen LogP contribution is -2.51. The molecule has 0 bridgehead atoms. The van der Waals surface area contributed by atoms with E-state index in [1.807, 2.05) is 36.7 Å². The van der Waals surface area contributed by atoms with Crippen molar-refractivity contribution in [3.8, 4) is 10.4 Å². The van der Waals surface area contributed by atoms with E-state index in [-0.39, 0.29) is 17.7 Å². The second kappa shape index (κ2) is 8.32. The first-order valence-electron chi connectivity index (χ1n) is 9.90. The minimum atomic E-state index is -0.487. The summed E-state index contributed by atoms with van der Waals surface area (Å²) < 4.78 is 0. The smallest absolute Gasteiger partial charge is 0.245 e. The quantitative estimate of drug-likeness (QED) is 0.786. The van der Waals surface area contributed by atoms with Crippen LogP contribution in [0.15, 0.2) is 29.8 Å². The first-order chi connectivity index (χ1) is 14.0. The molecule has 0 spiro atoms. The number of nitrogens with zero attached hydrogens (tertiary/aromatic N) is 2. The van der Waals surface area contributed by atoms with Crippen molar-refractivity contribution in [2.24, 2.45) is 0 Å². The first-order valence-corrected chi connectivity index (χ1v) is 10.8. The van der Waals surface area contributed by atoms with Gasteiger partial charge in [0.25, 0.3) is 0 Å². The van der Waals surface area contributed by atoms with E-state index in [0.29, 0.717) is 32.4 Å². The molecule has 3 amide bonds. The summed E-state index contributed by atoms with van der Waals surface area (Å²) in [7, 11) is 0. The number of rotatable bonds is 5. The summed E-state index contributed by atoms with van der Waals surface area (Å²) in [4.78, 5) is 43.9. The third-order valence-electron chi connectivity index (χ3n) is 5.56. The van der Waals surface area contributed by atoms with Crippen molar-refractivity contribution >= 4 is 29.1 Å². The molecule has 0 saturated carbocycles. The van der Waals surface area contributed by atoms with Gasteiger partial charge in [0.2, 0.25) is 17.7 Å². The summed E-state index contributed by atoms with van der Waals surface area (Å²) in [6.45, 7) is 2.97. The SMILES string of the molecule is Cc1ncsc1-c1ccc(CNC(=O)C2CCCN2C(=O)C2CCC(=O)N2)cc1. The van der Waals surface area contributed by atoms with Gasteiger partial charge in [0.05, 0.1) is 16.1 Å². The Morgan fingerprint density at radius 2 is 2.07 bits per heavy atom. The molecule has 2 aromatic rings. The van der Waals surface area contributed by atoms with Crippen LogP contribution < -0.4 is 10.6 Å². The number of nitrogens with one attached hydrogen (secondary N) is 2. The predicted molar refractivity (Wildman–Crippen MR) is 110 cm³/mol. The minimum absolute atomic E-state index is 0.0967. The van der Waals surface area contributed by atoms with Crippen LogP contribution in [0, 0.1) is 6.92 Å². The maximum Gasteiger partial charge on any atom is 0.245 e. The van der Waals surface area contributed by atoms with E-state index in [0.717, 1.165) is 28.1 Å². The number of carbonyl (C=O) groups is 3. The first kappa shape index (κ1) is 19.6. The van der Waals surface area contributed by atoms with Crippen molar-refractivity contribution in [2.45, 2.75) is 51.2 Å². The van der Waals surface area contributed by atoms with Crippen LogP contribution in [0.2, 0.25) is 0 Å². The Morgan fingerprint density at radius 1 is 1.28 bits per heavy atom. The van der Waals surface area contributed by atoms with E-state index >= 15 is 0 Å². The summed E-state index contributed by atoms with van der Waals surface area (Å²) in [5.41, 5.74) is 4.97. The lowest BCUT2D eigenvalue weighted by atomic mass is 10.1. The molecule has 4 rings (SSSR count). The molecule has 2 saturated heterocycles. The number of amides is 3. The van der Waals surface area contributed by atoms with Crippen LogP contribution >= 0.6 is 11.3 Å². The second-order valence-corrected chi connectivity index (χ2v) is 8.38. The molecule has 8 heteroatoms. The van der Waals surface area contributed by atoms with Gasteiger partial charge >= 0.3 is 0 Å². The van der Waals surface area contributed by atoms with Gasteiger partial charge in [0.1, 0.15) is 12.1 Å². The number of aryl methyl sites for hydroxylation is 1. The Morgan fingerprint density at radius 3 is 2.72 bits per heavy atom. The van der Waals surface area contributed by atoms with Crippen molar-refractivity contribution in [1.29, 1.82) is 0 Å². The average molecular weight is 413 g/mol. The highest BCUT2D eigenvalue weighted by molar-refractivity contribution is 7.13. The van der Waals surface area contributed by atoms with Crippen LogP contribution in [-0.4, -0.2) is 46.2 Å². The van der Waals surface area contributed by atoms with Crippen molar-refractivity contribution in [3.63, 3.8) is 0 Å². The molecule has 1 aromatic carbocycles. The fraction of sp³-hybridized carbons (Fsp3) is 0.429. The standard InChI is InChI=1S/C21H24N4O3S/c1-13-19(29-12-23-13)15-6-4-14(5-7-15)11-22-20(27)17-3-2-10-25(17)21(28)16-8-9-18(26)24-16/h4-7,12,16-17H,2-3,8-11H2,1H3,(H,22,27)(H,24,26). The van der Waals surface area contributed by atoms with Crippen molar-refractivity contribution in [1.82, 2.24) is 20.5 Å². The zero-order valence-electron chi connectivity index (χ0n) is 16.3. The molecule has 29 heavy (non-hydrogen) atoms. The van der Waals surface area contributed by atoms with E-state index < -0.39 is 12.1 Å². The Labute approximate surface area is 173 Å². The zero-order chi connectivity index (χ0) is 20.4. The van der Waals surface area contributed by atoms with Gasteiger partial charge in [-0.3, -0.25) is 14.4 Å². The molecule has 2 unspecified atom stereocenters. The highest BCUT2D eigenvalue weighted by atomic mass is 32.1. The predicted octanol–water partition coefficient (Wildman–Crippen LogP) is 2.00. The summed E-state index contributed by atoms with van der Waals surface area (Å²) in [5, 5.41) is 5.66. The van der Waals surface area contributed by atoms with Crippen molar-refractivity contribution in [2.75, 3.05) is 6.54 Å². The maximum absolute atomic E-state index is 12.7. The van der Waals surface area contributed by atoms with Gasteiger partial charge < -0.3 is 15.5 Å². The van der Waals surface area contributed by atoms with Gasteiger partial charge in [-0.05, 0) is 37.3 Å². The lowest BCUT2D eigenvalue weighted by Gasteiger charge is -2.26. The Hall–Kier alpha value is -2.74. The van der Waals surface area contributed by atoms with Gasteiger partial charge in [-0.2, -0.15) is 0 Å². The number of hydrogen-bond donors (Lipinski definition) is 2. The van der Waals surface area contributed by atoms with E-state index in [2.05, 4.69) is 15.6 Å². The van der Waals surface area contributed by atoms with Crippen LogP contribution in [-0.2, 0) is 20.9 Å². The topological polar surface area (TPSA) is 91.4 Å². The molecular weight excluding hydrogens is 388 g/mol. The van der Waals surface area contributed by atoms with Crippen LogP contribution in [0.4, 0.5) is 0 Å². The third-order valence-corrected chi connectivity index (χ3v) is 6.54. The average Bonchev–Trinajstić information content (AvgIpc) is 3.47. The molecule has 0 radical (unpaired) electrons. The fourth-order valence-corrected chi connectivity index (χ4v) is 4.77. The molecule has 7 nitrogen and oxygen atoms in total. The molecular formula is C21H24N4O3S. The highest BCUT2D eigenvalue weighted by Crippen LogP contribution is 2.27. The van der Waals surface area contributed by atoms with Gasteiger partial charge in [-0.1, -0.05) is 24.3 Å². The Kier molecular flexibility index (Phi) is 5.62. The Balaban J connectivity index is 1.34. The molecule has 2 aliphatic heterocycles. The van der Waals surface area contributed by atoms with Gasteiger partial charge in [0.15, 0.2) is 0 Å². The molecule has 2 N–H and O–H groups in total. The van der Waals surface area contributed by atoms with Crippen molar-refractivity contribution in [3.05, 3.63) is 41.0 Å². The van der Waals surface area contributed by atoms with E-state index in [4.69, 9.17) is 0 Å². The third kappa shape index (κ3) is 4.17. The summed E-state index contributed by atoms with van der Waals surface area (Å²) in [6.07, 6.45) is 2.33. The summed E-state index contributed by atoms with van der Waals surface area (Å²) in [6, 6.07) is 7.13. The molecule has 2 atom stereocenters. The van der Waals surface area contributed by atoms with Crippen LogP contribution in [0.5, 0.6) is 0 Å². The number of aromatic nitrogens is 1. The second-order valence-electron chi connectivity index (χ2n) is 7.53. The lowest BCUT2D eigenvalue weighted by molar-refractivity contribution is -0.140. The number of thiazole rings is 1. The number of likely N-dealkylation sites (tertiary alicyclic amines) is 1. The van der Waals surface area contributed by atoms with Crippen molar-refractivity contribution < 1.29 is 14.4 Å². The van der Waals surface area contributed by atoms with Gasteiger partial charge in [0, 0.05) is 19.5 Å². The van der Waals surface area contributed by atoms with Gasteiger partial charge in [-0.15, -0.1) is 11.3 Å². The molecule has 2 fully saturated rings. The zero-order valence-corrected chi connectivity index (χ0v) is 17.1. The minimum Gasteiger partial charge on any atom is -0.350 e. The van der Waals surface area contributed by atoms with Crippen LogP contribution in [0.25, 0.3) is 10.4 Å². The maximum atomic E-state index is 12.7. The van der Waals surface area contributed by atoms with Gasteiger partial charge in [-0.25, -0.2) is 4.98 Å². The normalized spacial score (nSPS) is 21.3. The molecule has 3 heterocycles. The number of hydrogen-bond acceptors (Lipinski definition) is 5. The van der Waals surface area contributed by atoms with E-state index in [9.17, 15) is 14.4 Å². The number of carbonyl (C=O) groups excluding carboxylic acids is 3. The van der Waals surface area contributed by atoms with Crippen LogP contribution in [0.1, 0.15) is 36.9 Å². The fourth-order valence-electron chi connectivity index (χ4n) is 3.96. The Bertz CT molecular complexity index is 924. The number of benzene rings is 1. The van der Waals surface area contributed by atoms with Crippen LogP contribution in [0.3, 0.4) is 0 Å². The molecule has 1 aromatic heterocycles. The summed E-state index contributed by atoms with van der Waals surface area (Å²) in [5.74, 6) is -0.374. The largest absolute Gasteiger partial charge is 0.350 e. The molecule has 152 valence electrons. The highest BCUT2D eigenvalue weighted by Gasteiger charge is 2.39.